The summed E-state index contributed by atoms with van der Waals surface area (Å²) >= 11 is 0. The first-order chi connectivity index (χ1) is 15.1. The van der Waals surface area contributed by atoms with Gasteiger partial charge in [0.2, 0.25) is 17.6 Å². The van der Waals surface area contributed by atoms with E-state index < -0.39 is 0 Å². The number of amides is 2. The number of likely N-dealkylation sites (tertiary alicyclic amines) is 1. The molecule has 0 aliphatic carbocycles. The molecule has 7 heteroatoms. The lowest BCUT2D eigenvalue weighted by atomic mass is 10.1. The first-order valence-electron chi connectivity index (χ1n) is 10.7. The zero-order chi connectivity index (χ0) is 21.6. The van der Waals surface area contributed by atoms with Crippen LogP contribution in [0.2, 0.25) is 0 Å². The van der Waals surface area contributed by atoms with Gasteiger partial charge in [-0.2, -0.15) is 4.98 Å². The van der Waals surface area contributed by atoms with Gasteiger partial charge in [-0.15, -0.1) is 0 Å². The minimum atomic E-state index is -0.200. The number of carbonyl (C=O) groups is 2. The molecule has 0 spiro atoms. The van der Waals surface area contributed by atoms with Crippen molar-refractivity contribution in [2.45, 2.75) is 39.0 Å². The van der Waals surface area contributed by atoms with Crippen LogP contribution in [0.3, 0.4) is 0 Å². The van der Waals surface area contributed by atoms with Gasteiger partial charge in [0, 0.05) is 31.5 Å². The summed E-state index contributed by atoms with van der Waals surface area (Å²) in [5.41, 5.74) is 3.09. The van der Waals surface area contributed by atoms with Crippen LogP contribution < -0.4 is 5.32 Å². The summed E-state index contributed by atoms with van der Waals surface area (Å²) in [7, 11) is 0. The third-order valence-corrected chi connectivity index (χ3v) is 5.42. The zero-order valence-corrected chi connectivity index (χ0v) is 17.6. The number of nitrogens with one attached hydrogen (secondary N) is 1. The maximum absolute atomic E-state index is 12.9. The topological polar surface area (TPSA) is 88.3 Å². The van der Waals surface area contributed by atoms with Crippen molar-refractivity contribution in [3.8, 4) is 11.4 Å². The molecule has 0 bridgehead atoms. The first kappa shape index (κ1) is 20.8. The van der Waals surface area contributed by atoms with Crippen molar-refractivity contribution in [1.29, 1.82) is 0 Å². The highest BCUT2D eigenvalue weighted by Gasteiger charge is 2.21. The first-order valence-corrected chi connectivity index (χ1v) is 10.7. The van der Waals surface area contributed by atoms with Crippen LogP contribution in [0.5, 0.6) is 0 Å². The van der Waals surface area contributed by atoms with E-state index in [4.69, 9.17) is 4.52 Å². The monoisotopic (exact) mass is 418 g/mol. The molecule has 1 saturated heterocycles. The van der Waals surface area contributed by atoms with E-state index in [2.05, 4.69) is 15.5 Å². The predicted octanol–water partition coefficient (Wildman–Crippen LogP) is 4.24. The average molecular weight is 418 g/mol. The standard InChI is InChI=1S/C24H26N4O3/c1-17-9-11-18(12-10-17)23-26-22(31-27-23)14-13-21(29)25-20-8-4-3-7-19(20)24(30)28-15-5-2-6-16-28/h3-4,7-12H,2,5-6,13-16H2,1H3,(H,25,29). The fourth-order valence-corrected chi connectivity index (χ4v) is 3.66. The summed E-state index contributed by atoms with van der Waals surface area (Å²) < 4.78 is 5.29. The van der Waals surface area contributed by atoms with Crippen LogP contribution in [0.15, 0.2) is 53.1 Å². The van der Waals surface area contributed by atoms with E-state index >= 15 is 0 Å². The summed E-state index contributed by atoms with van der Waals surface area (Å²) in [6.45, 7) is 3.55. The Hall–Kier alpha value is -3.48. The maximum atomic E-state index is 12.9. The molecular formula is C24H26N4O3. The van der Waals surface area contributed by atoms with Crippen molar-refractivity contribution < 1.29 is 14.1 Å². The van der Waals surface area contributed by atoms with Gasteiger partial charge in [-0.25, -0.2) is 0 Å². The number of benzene rings is 2. The van der Waals surface area contributed by atoms with Crippen LogP contribution in [0.4, 0.5) is 5.69 Å². The highest BCUT2D eigenvalue weighted by molar-refractivity contribution is 6.03. The fourth-order valence-electron chi connectivity index (χ4n) is 3.66. The number of para-hydroxylation sites is 1. The van der Waals surface area contributed by atoms with Gasteiger partial charge in [0.25, 0.3) is 5.91 Å². The molecule has 3 aromatic rings. The van der Waals surface area contributed by atoms with E-state index in [0.717, 1.165) is 43.5 Å². The summed E-state index contributed by atoms with van der Waals surface area (Å²) in [4.78, 5) is 31.6. The maximum Gasteiger partial charge on any atom is 0.255 e. The number of hydrogen-bond donors (Lipinski definition) is 1. The number of rotatable bonds is 6. The van der Waals surface area contributed by atoms with Crippen LogP contribution in [0.1, 0.15) is 47.5 Å². The van der Waals surface area contributed by atoms with Crippen LogP contribution >= 0.6 is 0 Å². The lowest BCUT2D eigenvalue weighted by molar-refractivity contribution is -0.116. The number of nitrogens with zero attached hydrogens (tertiary/aromatic N) is 3. The number of piperidine rings is 1. The summed E-state index contributed by atoms with van der Waals surface area (Å²) in [5.74, 6) is 0.681. The van der Waals surface area contributed by atoms with Gasteiger partial charge in [0.1, 0.15) is 0 Å². The van der Waals surface area contributed by atoms with Gasteiger partial charge in [-0.3, -0.25) is 9.59 Å². The van der Waals surface area contributed by atoms with E-state index in [1.165, 1.54) is 0 Å². The molecule has 0 radical (unpaired) electrons. The van der Waals surface area contributed by atoms with E-state index in [9.17, 15) is 9.59 Å². The van der Waals surface area contributed by atoms with Crippen LogP contribution in [0, 0.1) is 6.92 Å². The quantitative estimate of drug-likeness (QED) is 0.647. The molecule has 2 amide bonds. The molecule has 1 aliphatic heterocycles. The second-order valence-corrected chi connectivity index (χ2v) is 7.82. The van der Waals surface area contributed by atoms with Crippen molar-refractivity contribution in [3.05, 3.63) is 65.5 Å². The van der Waals surface area contributed by atoms with Gasteiger partial charge in [-0.05, 0) is 38.3 Å². The Morgan fingerprint density at radius 1 is 1.03 bits per heavy atom. The average Bonchev–Trinajstić information content (AvgIpc) is 3.28. The predicted molar refractivity (Wildman–Crippen MR) is 118 cm³/mol. The van der Waals surface area contributed by atoms with Gasteiger partial charge >= 0.3 is 0 Å². The van der Waals surface area contributed by atoms with Crippen molar-refractivity contribution in [3.63, 3.8) is 0 Å². The fraction of sp³-hybridized carbons (Fsp3) is 0.333. The Kier molecular flexibility index (Phi) is 6.40. The second-order valence-electron chi connectivity index (χ2n) is 7.82. The molecule has 0 saturated carbocycles. The van der Waals surface area contributed by atoms with Gasteiger partial charge in [0.15, 0.2) is 0 Å². The third kappa shape index (κ3) is 5.17. The molecule has 31 heavy (non-hydrogen) atoms. The van der Waals surface area contributed by atoms with Crippen molar-refractivity contribution >= 4 is 17.5 Å². The largest absolute Gasteiger partial charge is 0.339 e. The zero-order valence-electron chi connectivity index (χ0n) is 17.6. The molecule has 7 nitrogen and oxygen atoms in total. The molecular weight excluding hydrogens is 392 g/mol. The molecule has 2 aromatic carbocycles. The third-order valence-electron chi connectivity index (χ3n) is 5.42. The highest BCUT2D eigenvalue weighted by atomic mass is 16.5. The highest BCUT2D eigenvalue weighted by Crippen LogP contribution is 2.21. The van der Waals surface area contributed by atoms with Gasteiger partial charge in [-0.1, -0.05) is 47.1 Å². The van der Waals surface area contributed by atoms with Gasteiger partial charge < -0.3 is 14.7 Å². The summed E-state index contributed by atoms with van der Waals surface area (Å²) in [5, 5.41) is 6.87. The molecule has 1 aliphatic rings. The lowest BCUT2D eigenvalue weighted by Crippen LogP contribution is -2.36. The van der Waals surface area contributed by atoms with E-state index in [1.807, 2.05) is 48.2 Å². The summed E-state index contributed by atoms with van der Waals surface area (Å²) in [6, 6.07) is 15.0. The number of anilines is 1. The molecule has 2 heterocycles. The molecule has 1 fully saturated rings. The minimum absolute atomic E-state index is 0.0322. The number of aryl methyl sites for hydroxylation is 2. The Bertz CT molecular complexity index is 1050. The Morgan fingerprint density at radius 2 is 1.77 bits per heavy atom. The Balaban J connectivity index is 1.36. The molecule has 1 N–H and O–H groups in total. The van der Waals surface area contributed by atoms with Crippen LogP contribution in [0.25, 0.3) is 11.4 Å². The molecule has 0 atom stereocenters. The molecule has 1 aromatic heterocycles. The molecule has 0 unspecified atom stereocenters. The van der Waals surface area contributed by atoms with Crippen molar-refractivity contribution in [2.24, 2.45) is 0 Å². The van der Waals surface area contributed by atoms with Crippen LogP contribution in [-0.2, 0) is 11.2 Å². The second kappa shape index (κ2) is 9.55. The van der Waals surface area contributed by atoms with Crippen molar-refractivity contribution in [1.82, 2.24) is 15.0 Å². The number of carbonyl (C=O) groups excluding carboxylic acids is 2. The van der Waals surface area contributed by atoms with E-state index in [0.29, 0.717) is 29.4 Å². The normalized spacial score (nSPS) is 13.8. The van der Waals surface area contributed by atoms with E-state index in [1.54, 1.807) is 12.1 Å². The lowest BCUT2D eigenvalue weighted by Gasteiger charge is -2.27. The number of hydrogen-bond acceptors (Lipinski definition) is 5. The SMILES string of the molecule is Cc1ccc(-c2noc(CCC(=O)Nc3ccccc3C(=O)N3CCCCC3)n2)cc1. The van der Waals surface area contributed by atoms with Crippen molar-refractivity contribution in [2.75, 3.05) is 18.4 Å². The Morgan fingerprint density at radius 3 is 2.55 bits per heavy atom. The molecule has 160 valence electrons. The molecule has 4 rings (SSSR count). The number of aromatic nitrogens is 2. The van der Waals surface area contributed by atoms with Gasteiger partial charge in [0.05, 0.1) is 11.3 Å². The minimum Gasteiger partial charge on any atom is -0.339 e. The smallest absolute Gasteiger partial charge is 0.255 e. The van der Waals surface area contributed by atoms with E-state index in [-0.39, 0.29) is 18.2 Å². The van der Waals surface area contributed by atoms with Crippen LogP contribution in [-0.4, -0.2) is 39.9 Å². The Labute approximate surface area is 181 Å². The summed E-state index contributed by atoms with van der Waals surface area (Å²) in [6.07, 6.45) is 3.71.